The van der Waals surface area contributed by atoms with Crippen LogP contribution in [0.3, 0.4) is 0 Å². The maximum Gasteiger partial charge on any atom is 0.303 e. The number of hydrogen-bond donors (Lipinski definition) is 7. The molecule has 0 saturated heterocycles. The fourth-order valence-electron chi connectivity index (χ4n) is 5.45. The summed E-state index contributed by atoms with van der Waals surface area (Å²) >= 11 is 0. The molecular formula is C37H63N7O7. The number of hydrogen-bond acceptors (Lipinski definition) is 8. The number of amides is 5. The molecule has 0 fully saturated rings. The van der Waals surface area contributed by atoms with Crippen molar-refractivity contribution in [1.29, 1.82) is 0 Å². The molecule has 51 heavy (non-hydrogen) atoms. The summed E-state index contributed by atoms with van der Waals surface area (Å²) < 4.78 is 0. The van der Waals surface area contributed by atoms with Gasteiger partial charge >= 0.3 is 5.97 Å². The fraction of sp³-hybridized carbons (Fsp3) is 0.703. The maximum atomic E-state index is 13.6. The minimum Gasteiger partial charge on any atom is -0.481 e. The van der Waals surface area contributed by atoms with Gasteiger partial charge in [-0.05, 0) is 68.1 Å². The van der Waals surface area contributed by atoms with Crippen LogP contribution in [-0.2, 0) is 35.2 Å². The smallest absolute Gasteiger partial charge is 0.303 e. The molecule has 0 aromatic carbocycles. The monoisotopic (exact) mass is 717 g/mol. The van der Waals surface area contributed by atoms with Crippen LogP contribution in [-0.4, -0.2) is 88.9 Å². The SMILES string of the molecule is CCC[C@H](NC(=O)[C@@H](NC(=O)CCCC(=O)O)[C@@H](C)CC)C(=O)N[C@H](CN[C@@H](C)C(=O)N[C@H](C(=O)NCCc1ccncc1)C(C)C)CC(C)C. The maximum absolute atomic E-state index is 13.6. The summed E-state index contributed by atoms with van der Waals surface area (Å²) in [5.41, 5.74) is 1.05. The highest BCUT2D eigenvalue weighted by Crippen LogP contribution is 2.12. The van der Waals surface area contributed by atoms with Crippen molar-refractivity contribution in [3.63, 3.8) is 0 Å². The minimum absolute atomic E-state index is 0.0238. The van der Waals surface area contributed by atoms with Crippen LogP contribution in [0.5, 0.6) is 0 Å². The number of carbonyl (C=O) groups excluding carboxylic acids is 5. The Kier molecular flexibility index (Phi) is 21.3. The molecule has 14 nitrogen and oxygen atoms in total. The van der Waals surface area contributed by atoms with E-state index in [2.05, 4.69) is 36.9 Å². The second-order valence-corrected chi connectivity index (χ2v) is 14.1. The highest BCUT2D eigenvalue weighted by atomic mass is 16.4. The standard InChI is InChI=1S/C37H63N7O7/c1-9-12-29(42-37(51)33(25(7)10-2)43-30(45)13-11-14-31(46)47)35(49)41-28(21-23(3)4)22-40-26(8)34(48)44-32(24(5)6)36(50)39-20-17-27-15-18-38-19-16-27/h15-16,18-19,23-26,28-29,32-33,40H,9-14,17,20-22H2,1-8H3,(H,39,50)(H,41,49)(H,42,51)(H,43,45)(H,44,48)(H,46,47)/t25-,26-,28-,29-,32-,33-/m0/s1. The zero-order chi connectivity index (χ0) is 38.5. The Morgan fingerprint density at radius 2 is 1.45 bits per heavy atom. The molecule has 0 spiro atoms. The van der Waals surface area contributed by atoms with Crippen LogP contribution in [0.25, 0.3) is 0 Å². The van der Waals surface area contributed by atoms with Gasteiger partial charge in [0.1, 0.15) is 18.1 Å². The molecule has 0 bridgehead atoms. The zero-order valence-corrected chi connectivity index (χ0v) is 31.8. The second kappa shape index (κ2) is 24.2. The van der Waals surface area contributed by atoms with E-state index in [4.69, 9.17) is 5.11 Å². The summed E-state index contributed by atoms with van der Waals surface area (Å²) in [6, 6.07) is 0.291. The van der Waals surface area contributed by atoms with Crippen LogP contribution in [0.15, 0.2) is 24.5 Å². The van der Waals surface area contributed by atoms with Crippen molar-refractivity contribution >= 4 is 35.5 Å². The number of pyridine rings is 1. The van der Waals surface area contributed by atoms with Crippen molar-refractivity contribution in [1.82, 2.24) is 36.9 Å². The predicted octanol–water partition coefficient (Wildman–Crippen LogP) is 2.46. The third-order valence-corrected chi connectivity index (χ3v) is 8.69. The van der Waals surface area contributed by atoms with Crippen LogP contribution in [0.1, 0.15) is 106 Å². The molecule has 0 saturated carbocycles. The molecule has 1 heterocycles. The molecule has 14 heteroatoms. The van der Waals surface area contributed by atoms with E-state index < -0.39 is 42.0 Å². The zero-order valence-electron chi connectivity index (χ0n) is 31.8. The van der Waals surface area contributed by atoms with Crippen molar-refractivity contribution in [2.75, 3.05) is 13.1 Å². The second-order valence-electron chi connectivity index (χ2n) is 14.1. The molecule has 5 amide bonds. The Hall–Kier alpha value is -4.07. The van der Waals surface area contributed by atoms with E-state index >= 15 is 0 Å². The first kappa shape index (κ1) is 45.0. The Morgan fingerprint density at radius 1 is 0.784 bits per heavy atom. The Morgan fingerprint density at radius 3 is 2.02 bits per heavy atom. The summed E-state index contributed by atoms with van der Waals surface area (Å²) in [7, 11) is 0. The van der Waals surface area contributed by atoms with Crippen LogP contribution >= 0.6 is 0 Å². The molecule has 0 aliphatic carbocycles. The summed E-state index contributed by atoms with van der Waals surface area (Å²) in [4.78, 5) is 80.5. The van der Waals surface area contributed by atoms with Gasteiger partial charge < -0.3 is 37.0 Å². The van der Waals surface area contributed by atoms with Gasteiger partial charge in [-0.2, -0.15) is 0 Å². The number of nitrogens with zero attached hydrogens (tertiary/aromatic N) is 1. The molecule has 0 aliphatic rings. The molecule has 1 aromatic heterocycles. The molecule has 6 atom stereocenters. The summed E-state index contributed by atoms with van der Waals surface area (Å²) in [5, 5.41) is 26.5. The first-order valence-corrected chi connectivity index (χ1v) is 18.4. The molecule has 0 unspecified atom stereocenters. The molecule has 1 rings (SSSR count). The molecule has 7 N–H and O–H groups in total. The molecule has 0 radical (unpaired) electrons. The average molecular weight is 718 g/mol. The Labute approximate surface area is 303 Å². The van der Waals surface area contributed by atoms with Gasteiger partial charge in [0.25, 0.3) is 0 Å². The highest BCUT2D eigenvalue weighted by molar-refractivity contribution is 5.92. The van der Waals surface area contributed by atoms with E-state index in [1.165, 1.54) is 0 Å². The Balaban J connectivity index is 2.86. The number of carboxylic acid groups (broad SMARTS) is 1. The third kappa shape index (κ3) is 18.1. The topological polar surface area (TPSA) is 208 Å². The number of rotatable bonds is 25. The van der Waals surface area contributed by atoms with Crippen molar-refractivity contribution in [2.45, 2.75) is 137 Å². The number of nitrogens with one attached hydrogen (secondary N) is 6. The Bertz CT molecular complexity index is 1240. The first-order valence-electron chi connectivity index (χ1n) is 18.4. The predicted molar refractivity (Wildman–Crippen MR) is 196 cm³/mol. The fourth-order valence-corrected chi connectivity index (χ4v) is 5.45. The summed E-state index contributed by atoms with van der Waals surface area (Å²) in [5.74, 6) is -3.02. The van der Waals surface area contributed by atoms with Crippen LogP contribution < -0.4 is 31.9 Å². The van der Waals surface area contributed by atoms with Gasteiger partial charge in [0.2, 0.25) is 29.5 Å². The molecule has 288 valence electrons. The summed E-state index contributed by atoms with van der Waals surface area (Å²) in [6.07, 6.45) is 6.22. The van der Waals surface area contributed by atoms with Crippen LogP contribution in [0.2, 0.25) is 0 Å². The van der Waals surface area contributed by atoms with Crippen LogP contribution in [0.4, 0.5) is 0 Å². The van der Waals surface area contributed by atoms with Crippen molar-refractivity contribution < 1.29 is 33.9 Å². The van der Waals surface area contributed by atoms with Gasteiger partial charge in [0.15, 0.2) is 0 Å². The summed E-state index contributed by atoms with van der Waals surface area (Å²) in [6.45, 7) is 15.8. The van der Waals surface area contributed by atoms with Crippen molar-refractivity contribution in [3.8, 4) is 0 Å². The van der Waals surface area contributed by atoms with Gasteiger partial charge in [-0.1, -0.05) is 61.3 Å². The van der Waals surface area contributed by atoms with E-state index in [0.29, 0.717) is 38.6 Å². The van der Waals surface area contributed by atoms with E-state index in [9.17, 15) is 28.8 Å². The number of carboxylic acids is 1. The average Bonchev–Trinajstić information content (AvgIpc) is 3.07. The van der Waals surface area contributed by atoms with E-state index in [1.54, 1.807) is 19.3 Å². The third-order valence-electron chi connectivity index (χ3n) is 8.69. The number of aromatic nitrogens is 1. The lowest BCUT2D eigenvalue weighted by molar-refractivity contribution is -0.137. The lowest BCUT2D eigenvalue weighted by Crippen LogP contribution is -2.58. The normalized spacial score (nSPS) is 14.8. The highest BCUT2D eigenvalue weighted by Gasteiger charge is 2.31. The van der Waals surface area contributed by atoms with E-state index in [1.807, 2.05) is 60.6 Å². The van der Waals surface area contributed by atoms with Crippen molar-refractivity contribution in [3.05, 3.63) is 30.1 Å². The molecular weight excluding hydrogens is 654 g/mol. The quantitative estimate of drug-likeness (QED) is 0.0792. The first-order chi connectivity index (χ1) is 24.1. The minimum atomic E-state index is -0.996. The number of aliphatic carboxylic acids is 1. The van der Waals surface area contributed by atoms with Crippen molar-refractivity contribution in [2.24, 2.45) is 17.8 Å². The van der Waals surface area contributed by atoms with Gasteiger partial charge in [-0.3, -0.25) is 33.8 Å². The molecule has 0 aliphatic heterocycles. The lowest BCUT2D eigenvalue weighted by atomic mass is 9.97. The van der Waals surface area contributed by atoms with E-state index in [-0.39, 0.29) is 67.3 Å². The van der Waals surface area contributed by atoms with E-state index in [0.717, 1.165) is 5.56 Å². The van der Waals surface area contributed by atoms with Gasteiger partial charge in [-0.25, -0.2) is 0 Å². The lowest BCUT2D eigenvalue weighted by Gasteiger charge is -2.29. The largest absolute Gasteiger partial charge is 0.481 e. The molecule has 1 aromatic rings. The van der Waals surface area contributed by atoms with Gasteiger partial charge in [0.05, 0.1) is 6.04 Å². The van der Waals surface area contributed by atoms with Crippen LogP contribution in [0, 0.1) is 17.8 Å². The van der Waals surface area contributed by atoms with Gasteiger partial charge in [0, 0.05) is 44.4 Å². The number of carbonyl (C=O) groups is 6. The van der Waals surface area contributed by atoms with Gasteiger partial charge in [-0.15, -0.1) is 0 Å².